The van der Waals surface area contributed by atoms with Gasteiger partial charge in [-0.05, 0) is 37.3 Å². The number of rotatable bonds is 7. The average Bonchev–Trinajstić information content (AvgIpc) is 3.12. The number of carbonyl (C=O) groups is 3. The molecule has 2 N–H and O–H groups in total. The van der Waals surface area contributed by atoms with Crippen LogP contribution in [0, 0.1) is 18.3 Å². The molecule has 0 aliphatic carbocycles. The number of amides is 4. The number of carbonyl (C=O) groups excluding carboxylic acids is 3. The van der Waals surface area contributed by atoms with Gasteiger partial charge in [-0.25, -0.2) is 9.69 Å². The zero-order chi connectivity index (χ0) is 24.8. The van der Waals surface area contributed by atoms with Crippen molar-refractivity contribution in [3.8, 4) is 11.8 Å². The lowest BCUT2D eigenvalue weighted by molar-refractivity contribution is -0.127. The molecule has 0 radical (unpaired) electrons. The van der Waals surface area contributed by atoms with Gasteiger partial charge in [0.05, 0.1) is 11.6 Å². The summed E-state index contributed by atoms with van der Waals surface area (Å²) in [5.41, 5.74) is 3.47. The minimum absolute atomic E-state index is 0.0339. The Morgan fingerprint density at radius 1 is 1.06 bits per heavy atom. The van der Waals surface area contributed by atoms with E-state index in [0.29, 0.717) is 22.6 Å². The highest BCUT2D eigenvalue weighted by Gasteiger charge is 2.35. The van der Waals surface area contributed by atoms with E-state index < -0.39 is 24.4 Å². The summed E-state index contributed by atoms with van der Waals surface area (Å²) in [5, 5.41) is 14.5. The third-order valence-corrected chi connectivity index (χ3v) is 5.34. The van der Waals surface area contributed by atoms with E-state index in [9.17, 15) is 19.6 Å². The Balaban J connectivity index is 1.46. The van der Waals surface area contributed by atoms with E-state index in [2.05, 4.69) is 16.7 Å². The summed E-state index contributed by atoms with van der Waals surface area (Å²) < 4.78 is 5.91. The number of para-hydroxylation sites is 1. The first kappa shape index (κ1) is 23.3. The van der Waals surface area contributed by atoms with E-state index in [-0.39, 0.29) is 12.3 Å². The molecule has 1 aliphatic rings. The number of aryl methyl sites for hydroxylation is 1. The number of benzene rings is 3. The minimum Gasteiger partial charge on any atom is -0.488 e. The number of urea groups is 1. The van der Waals surface area contributed by atoms with Crippen molar-refractivity contribution in [3.63, 3.8) is 0 Å². The lowest BCUT2D eigenvalue weighted by atomic mass is 10.1. The molecule has 0 saturated carbocycles. The van der Waals surface area contributed by atoms with Crippen LogP contribution in [-0.4, -0.2) is 29.3 Å². The van der Waals surface area contributed by atoms with Gasteiger partial charge in [0.1, 0.15) is 24.6 Å². The monoisotopic (exact) mass is 466 g/mol. The van der Waals surface area contributed by atoms with Crippen LogP contribution in [0.5, 0.6) is 5.75 Å². The molecule has 0 spiro atoms. The van der Waals surface area contributed by atoms with Crippen LogP contribution in [0.4, 0.5) is 10.5 Å². The molecule has 0 atom stereocenters. The molecule has 1 fully saturated rings. The first-order chi connectivity index (χ1) is 16.9. The molecule has 1 saturated heterocycles. The van der Waals surface area contributed by atoms with E-state index in [4.69, 9.17) is 4.74 Å². The van der Waals surface area contributed by atoms with Crippen molar-refractivity contribution in [2.45, 2.75) is 13.5 Å². The Morgan fingerprint density at radius 2 is 1.77 bits per heavy atom. The lowest BCUT2D eigenvalue weighted by Gasteiger charge is -2.12. The van der Waals surface area contributed by atoms with E-state index in [0.717, 1.165) is 16.0 Å². The highest BCUT2D eigenvalue weighted by molar-refractivity contribution is 6.16. The fourth-order valence-electron chi connectivity index (χ4n) is 3.49. The summed E-state index contributed by atoms with van der Waals surface area (Å²) in [6.07, 6.45) is 1.50. The van der Waals surface area contributed by atoms with Gasteiger partial charge in [-0.1, -0.05) is 54.1 Å². The van der Waals surface area contributed by atoms with Crippen LogP contribution < -0.4 is 15.4 Å². The molecule has 4 rings (SSSR count). The number of hydrogen-bond donors (Lipinski definition) is 2. The molecule has 0 unspecified atom stereocenters. The van der Waals surface area contributed by atoms with Gasteiger partial charge in [0, 0.05) is 16.8 Å². The summed E-state index contributed by atoms with van der Waals surface area (Å²) in [6, 6.07) is 22.8. The first-order valence-corrected chi connectivity index (χ1v) is 10.9. The number of ether oxygens (including phenoxy) is 1. The first-order valence-electron chi connectivity index (χ1n) is 10.9. The number of nitrogens with one attached hydrogen (secondary N) is 2. The fourth-order valence-corrected chi connectivity index (χ4v) is 3.49. The summed E-state index contributed by atoms with van der Waals surface area (Å²) in [7, 11) is 0. The molecule has 8 nitrogen and oxygen atoms in total. The lowest BCUT2D eigenvalue weighted by Crippen LogP contribution is -2.38. The van der Waals surface area contributed by atoms with Crippen LogP contribution >= 0.6 is 0 Å². The molecule has 35 heavy (non-hydrogen) atoms. The van der Waals surface area contributed by atoms with Crippen LogP contribution in [0.15, 0.2) is 78.5 Å². The van der Waals surface area contributed by atoms with Crippen LogP contribution in [0.25, 0.3) is 6.08 Å². The van der Waals surface area contributed by atoms with E-state index >= 15 is 0 Å². The van der Waals surface area contributed by atoms with E-state index in [1.165, 1.54) is 6.08 Å². The Bertz CT molecular complexity index is 1360. The van der Waals surface area contributed by atoms with Crippen molar-refractivity contribution < 1.29 is 19.1 Å². The maximum absolute atomic E-state index is 12.8. The molecular weight excluding hydrogens is 444 g/mol. The van der Waals surface area contributed by atoms with Gasteiger partial charge in [0.25, 0.3) is 5.91 Å². The third-order valence-electron chi connectivity index (χ3n) is 5.34. The van der Waals surface area contributed by atoms with E-state index in [1.54, 1.807) is 54.6 Å². The molecule has 1 aliphatic heterocycles. The maximum atomic E-state index is 12.8. The minimum atomic E-state index is -0.679. The quantitative estimate of drug-likeness (QED) is 0.404. The molecule has 8 heteroatoms. The average molecular weight is 466 g/mol. The van der Waals surface area contributed by atoms with Gasteiger partial charge < -0.3 is 15.4 Å². The van der Waals surface area contributed by atoms with Gasteiger partial charge in [-0.3, -0.25) is 9.59 Å². The number of imide groups is 1. The van der Waals surface area contributed by atoms with Crippen molar-refractivity contribution >= 4 is 29.6 Å². The predicted octanol–water partition coefficient (Wildman–Crippen LogP) is 3.98. The smallest absolute Gasteiger partial charge is 0.329 e. The zero-order valence-corrected chi connectivity index (χ0v) is 18.9. The molecule has 0 aromatic heterocycles. The molecule has 0 bridgehead atoms. The number of anilines is 1. The Kier molecular flexibility index (Phi) is 6.88. The SMILES string of the molecule is Cc1ccc(NC(=O)CN2C(=O)N/C(=C/c3ccccc3OCc3ccccc3C#N)C2=O)cc1. The number of nitriles is 1. The Morgan fingerprint density at radius 3 is 2.54 bits per heavy atom. The largest absolute Gasteiger partial charge is 0.488 e. The van der Waals surface area contributed by atoms with Crippen molar-refractivity contribution in [3.05, 3.63) is 101 Å². The van der Waals surface area contributed by atoms with Gasteiger partial charge in [-0.2, -0.15) is 5.26 Å². The van der Waals surface area contributed by atoms with Crippen molar-refractivity contribution in [2.75, 3.05) is 11.9 Å². The van der Waals surface area contributed by atoms with Crippen LogP contribution in [0.2, 0.25) is 0 Å². The second-order valence-electron chi connectivity index (χ2n) is 7.89. The highest BCUT2D eigenvalue weighted by Crippen LogP contribution is 2.24. The second-order valence-corrected chi connectivity index (χ2v) is 7.89. The number of nitrogens with zero attached hydrogens (tertiary/aromatic N) is 2. The highest BCUT2D eigenvalue weighted by atomic mass is 16.5. The maximum Gasteiger partial charge on any atom is 0.329 e. The third kappa shape index (κ3) is 5.54. The van der Waals surface area contributed by atoms with Crippen LogP contribution in [0.3, 0.4) is 0 Å². The van der Waals surface area contributed by atoms with Gasteiger partial charge >= 0.3 is 6.03 Å². The standard InChI is InChI=1S/C27H22N4O4/c1-18-10-12-22(13-11-18)29-25(32)16-31-26(33)23(30-27(31)34)14-19-6-4-5-9-24(19)35-17-21-8-3-2-7-20(21)15-28/h2-14H,16-17H2,1H3,(H,29,32)(H,30,34)/b23-14+. The van der Waals surface area contributed by atoms with Gasteiger partial charge in [0.2, 0.25) is 5.91 Å². The molecule has 3 aromatic carbocycles. The van der Waals surface area contributed by atoms with Crippen LogP contribution in [0.1, 0.15) is 22.3 Å². The van der Waals surface area contributed by atoms with Gasteiger partial charge in [0.15, 0.2) is 0 Å². The molecular formula is C27H22N4O4. The van der Waals surface area contributed by atoms with Crippen molar-refractivity contribution in [1.82, 2.24) is 10.2 Å². The number of hydrogen-bond acceptors (Lipinski definition) is 5. The second kappa shape index (κ2) is 10.4. The Hall–Kier alpha value is -4.90. The molecule has 3 aromatic rings. The molecule has 4 amide bonds. The van der Waals surface area contributed by atoms with Gasteiger partial charge in [-0.15, -0.1) is 0 Å². The Labute approximate surface area is 202 Å². The fraction of sp³-hybridized carbons (Fsp3) is 0.111. The predicted molar refractivity (Wildman–Crippen MR) is 130 cm³/mol. The normalized spacial score (nSPS) is 13.9. The van der Waals surface area contributed by atoms with Crippen LogP contribution in [-0.2, 0) is 16.2 Å². The summed E-state index contributed by atoms with van der Waals surface area (Å²) in [4.78, 5) is 38.5. The van der Waals surface area contributed by atoms with Crippen molar-refractivity contribution in [2.24, 2.45) is 0 Å². The summed E-state index contributed by atoms with van der Waals surface area (Å²) in [5.74, 6) is -0.623. The summed E-state index contributed by atoms with van der Waals surface area (Å²) >= 11 is 0. The van der Waals surface area contributed by atoms with Crippen molar-refractivity contribution in [1.29, 1.82) is 5.26 Å². The molecule has 1 heterocycles. The topological polar surface area (TPSA) is 112 Å². The summed E-state index contributed by atoms with van der Waals surface area (Å²) in [6.45, 7) is 1.68. The molecule has 174 valence electrons. The van der Waals surface area contributed by atoms with E-state index in [1.807, 2.05) is 25.1 Å². The zero-order valence-electron chi connectivity index (χ0n) is 18.9.